The van der Waals surface area contributed by atoms with Crippen LogP contribution in [0.1, 0.15) is 17.3 Å². The van der Waals surface area contributed by atoms with Crippen molar-refractivity contribution in [3.05, 3.63) is 60.2 Å². The fraction of sp³-hybridized carbons (Fsp3) is 0.176. The molecule has 2 aromatic rings. The zero-order chi connectivity index (χ0) is 15.9. The molecule has 22 heavy (non-hydrogen) atoms. The Hall–Kier alpha value is -2.82. The van der Waals surface area contributed by atoms with Gasteiger partial charge in [0.2, 0.25) is 0 Å². The lowest BCUT2D eigenvalue weighted by Crippen LogP contribution is -2.41. The molecule has 1 atom stereocenters. The molecular formula is C17H18N2O3. The number of benzene rings is 2. The van der Waals surface area contributed by atoms with Crippen LogP contribution in [0.25, 0.3) is 0 Å². The summed E-state index contributed by atoms with van der Waals surface area (Å²) >= 11 is 0. The van der Waals surface area contributed by atoms with Crippen LogP contribution in [-0.2, 0) is 0 Å². The Morgan fingerprint density at radius 1 is 1.14 bits per heavy atom. The van der Waals surface area contributed by atoms with Crippen LogP contribution in [-0.4, -0.2) is 30.5 Å². The first-order chi connectivity index (χ1) is 10.6. The predicted molar refractivity (Wildman–Crippen MR) is 85.1 cm³/mol. The normalized spacial score (nSPS) is 11.4. The third-order valence-corrected chi connectivity index (χ3v) is 3.21. The minimum Gasteiger partial charge on any atom is -0.471 e. The first-order valence-corrected chi connectivity index (χ1v) is 6.91. The van der Waals surface area contributed by atoms with Crippen LogP contribution < -0.4 is 10.1 Å². The van der Waals surface area contributed by atoms with E-state index in [1.807, 2.05) is 30.3 Å². The quantitative estimate of drug-likeness (QED) is 0.680. The summed E-state index contributed by atoms with van der Waals surface area (Å²) in [6.07, 6.45) is 0.318. The van der Waals surface area contributed by atoms with Gasteiger partial charge in [-0.3, -0.25) is 9.69 Å². The maximum Gasteiger partial charge on any atom is 0.324 e. The molecule has 2 amide bonds. The van der Waals surface area contributed by atoms with Crippen LogP contribution in [0.5, 0.6) is 5.75 Å². The molecule has 0 radical (unpaired) electrons. The lowest BCUT2D eigenvalue weighted by molar-refractivity contribution is 0.0884. The molecule has 1 N–H and O–H groups in total. The maximum absolute atomic E-state index is 12.1. The van der Waals surface area contributed by atoms with Gasteiger partial charge in [-0.25, -0.2) is 4.79 Å². The minimum absolute atomic E-state index is 0.261. The van der Waals surface area contributed by atoms with Crippen molar-refractivity contribution in [3.63, 3.8) is 0 Å². The first-order valence-electron chi connectivity index (χ1n) is 6.91. The van der Waals surface area contributed by atoms with Crippen molar-refractivity contribution in [2.45, 2.75) is 13.2 Å². The number of anilines is 1. The number of aldehydes is 1. The molecule has 2 rings (SSSR count). The molecular weight excluding hydrogens is 280 g/mol. The third-order valence-electron chi connectivity index (χ3n) is 3.21. The zero-order valence-electron chi connectivity index (χ0n) is 12.5. The Kier molecular flexibility index (Phi) is 5.14. The monoisotopic (exact) mass is 298 g/mol. The van der Waals surface area contributed by atoms with Crippen LogP contribution in [0.4, 0.5) is 10.5 Å². The summed E-state index contributed by atoms with van der Waals surface area (Å²) in [6, 6.07) is 15.7. The van der Waals surface area contributed by atoms with Crippen molar-refractivity contribution in [3.8, 4) is 5.75 Å². The van der Waals surface area contributed by atoms with E-state index in [1.165, 1.54) is 4.90 Å². The molecule has 0 aliphatic carbocycles. The molecule has 1 unspecified atom stereocenters. The van der Waals surface area contributed by atoms with E-state index >= 15 is 0 Å². The molecule has 114 valence electrons. The number of hydrogen-bond acceptors (Lipinski definition) is 3. The number of hydrogen-bond donors (Lipinski definition) is 1. The largest absolute Gasteiger partial charge is 0.471 e. The number of nitrogens with one attached hydrogen (secondary N) is 1. The number of ether oxygens (including phenoxy) is 1. The SMILES string of the molecule is CC(Oc1ccc(C=O)cc1)N(C)C(=O)Nc1ccccc1. The molecule has 0 spiro atoms. The standard InChI is InChI=1S/C17H18N2O3/c1-13(22-16-10-8-14(12-20)9-11-16)19(2)17(21)18-15-6-4-3-5-7-15/h3-13H,1-2H3,(H,18,21). The highest BCUT2D eigenvalue weighted by Crippen LogP contribution is 2.15. The molecule has 2 aromatic carbocycles. The lowest BCUT2D eigenvalue weighted by Gasteiger charge is -2.25. The van der Waals surface area contributed by atoms with Crippen LogP contribution in [0, 0.1) is 0 Å². The third kappa shape index (κ3) is 4.09. The Bertz CT molecular complexity index is 626. The van der Waals surface area contributed by atoms with E-state index in [4.69, 9.17) is 4.74 Å². The molecule has 0 heterocycles. The summed E-state index contributed by atoms with van der Waals surface area (Å²) in [4.78, 5) is 24.2. The molecule has 0 aliphatic heterocycles. The summed E-state index contributed by atoms with van der Waals surface area (Å²) in [6.45, 7) is 1.78. The summed E-state index contributed by atoms with van der Waals surface area (Å²) in [7, 11) is 1.66. The summed E-state index contributed by atoms with van der Waals surface area (Å²) < 4.78 is 5.68. The van der Waals surface area contributed by atoms with Crippen molar-refractivity contribution in [2.75, 3.05) is 12.4 Å². The van der Waals surface area contributed by atoms with Gasteiger partial charge in [-0.05, 0) is 43.3 Å². The Labute approximate surface area is 129 Å². The van der Waals surface area contributed by atoms with Gasteiger partial charge in [0.05, 0.1) is 0 Å². The lowest BCUT2D eigenvalue weighted by atomic mass is 10.2. The second-order valence-electron chi connectivity index (χ2n) is 4.81. The first kappa shape index (κ1) is 15.6. The Morgan fingerprint density at radius 2 is 1.77 bits per heavy atom. The number of carbonyl (C=O) groups excluding carboxylic acids is 2. The second-order valence-corrected chi connectivity index (χ2v) is 4.81. The highest BCUT2D eigenvalue weighted by molar-refractivity contribution is 5.89. The molecule has 0 saturated heterocycles. The van der Waals surface area contributed by atoms with E-state index in [1.54, 1.807) is 38.2 Å². The van der Waals surface area contributed by atoms with E-state index in [-0.39, 0.29) is 6.03 Å². The maximum atomic E-state index is 12.1. The number of para-hydroxylation sites is 1. The van der Waals surface area contributed by atoms with Gasteiger partial charge in [-0.15, -0.1) is 0 Å². The van der Waals surface area contributed by atoms with Crippen molar-refractivity contribution < 1.29 is 14.3 Å². The highest BCUT2D eigenvalue weighted by Gasteiger charge is 2.17. The van der Waals surface area contributed by atoms with Crippen molar-refractivity contribution in [1.82, 2.24) is 4.90 Å². The smallest absolute Gasteiger partial charge is 0.324 e. The molecule has 0 aliphatic rings. The van der Waals surface area contributed by atoms with Crippen molar-refractivity contribution >= 4 is 18.0 Å². The fourth-order valence-corrected chi connectivity index (χ4v) is 1.80. The van der Waals surface area contributed by atoms with E-state index in [2.05, 4.69) is 5.32 Å². The average Bonchev–Trinajstić information content (AvgIpc) is 2.55. The van der Waals surface area contributed by atoms with Gasteiger partial charge in [0.15, 0.2) is 6.23 Å². The van der Waals surface area contributed by atoms with Gasteiger partial charge in [0.25, 0.3) is 0 Å². The summed E-state index contributed by atoms with van der Waals surface area (Å²) in [5.74, 6) is 0.595. The van der Waals surface area contributed by atoms with Gasteiger partial charge in [0.1, 0.15) is 12.0 Å². The number of carbonyl (C=O) groups is 2. The topological polar surface area (TPSA) is 58.6 Å². The van der Waals surface area contributed by atoms with Gasteiger partial charge in [-0.1, -0.05) is 18.2 Å². The fourth-order valence-electron chi connectivity index (χ4n) is 1.80. The molecule has 5 heteroatoms. The van der Waals surface area contributed by atoms with Gasteiger partial charge < -0.3 is 10.1 Å². The summed E-state index contributed by atoms with van der Waals surface area (Å²) in [5.41, 5.74) is 1.30. The minimum atomic E-state index is -0.453. The number of urea groups is 1. The molecule has 0 saturated carbocycles. The van der Waals surface area contributed by atoms with Gasteiger partial charge in [-0.2, -0.15) is 0 Å². The predicted octanol–water partition coefficient (Wildman–Crippen LogP) is 3.39. The second kappa shape index (κ2) is 7.26. The van der Waals surface area contributed by atoms with Crippen LogP contribution in [0.3, 0.4) is 0 Å². The van der Waals surface area contributed by atoms with Gasteiger partial charge >= 0.3 is 6.03 Å². The van der Waals surface area contributed by atoms with E-state index < -0.39 is 6.23 Å². The molecule has 0 fully saturated rings. The van der Waals surface area contributed by atoms with E-state index in [0.29, 0.717) is 11.3 Å². The van der Waals surface area contributed by atoms with Crippen LogP contribution in [0.2, 0.25) is 0 Å². The van der Waals surface area contributed by atoms with E-state index in [9.17, 15) is 9.59 Å². The van der Waals surface area contributed by atoms with Crippen LogP contribution >= 0.6 is 0 Å². The number of amides is 2. The van der Waals surface area contributed by atoms with Crippen LogP contribution in [0.15, 0.2) is 54.6 Å². The van der Waals surface area contributed by atoms with Gasteiger partial charge in [0, 0.05) is 18.3 Å². The zero-order valence-corrected chi connectivity index (χ0v) is 12.5. The van der Waals surface area contributed by atoms with Crippen molar-refractivity contribution in [2.24, 2.45) is 0 Å². The Morgan fingerprint density at radius 3 is 2.36 bits per heavy atom. The Balaban J connectivity index is 1.94. The summed E-state index contributed by atoms with van der Waals surface area (Å²) in [5, 5.41) is 2.79. The van der Waals surface area contributed by atoms with E-state index in [0.717, 1.165) is 12.0 Å². The number of rotatable bonds is 5. The van der Waals surface area contributed by atoms with Crippen molar-refractivity contribution in [1.29, 1.82) is 0 Å². The molecule has 5 nitrogen and oxygen atoms in total. The highest BCUT2D eigenvalue weighted by atomic mass is 16.5. The average molecular weight is 298 g/mol. The molecule has 0 aromatic heterocycles. The molecule has 0 bridgehead atoms. The number of nitrogens with zero attached hydrogens (tertiary/aromatic N) is 1.